The van der Waals surface area contributed by atoms with Crippen molar-refractivity contribution in [3.8, 4) is 0 Å². The number of aromatic nitrogens is 2. The van der Waals surface area contributed by atoms with E-state index in [2.05, 4.69) is 9.97 Å². The van der Waals surface area contributed by atoms with Crippen LogP contribution in [0, 0.1) is 11.7 Å². The van der Waals surface area contributed by atoms with E-state index in [4.69, 9.17) is 0 Å². The molecule has 1 N–H and O–H groups in total. The zero-order valence-corrected chi connectivity index (χ0v) is 15.4. The Labute approximate surface area is 157 Å². The fourth-order valence-electron chi connectivity index (χ4n) is 3.84. The van der Waals surface area contributed by atoms with Gasteiger partial charge in [0.05, 0.1) is 11.0 Å². The van der Waals surface area contributed by atoms with Crippen LogP contribution in [0.2, 0.25) is 0 Å². The van der Waals surface area contributed by atoms with Gasteiger partial charge in [-0.15, -0.1) is 0 Å². The number of aromatic amines is 1. The highest BCUT2D eigenvalue weighted by molar-refractivity contribution is 5.80. The number of carbonyl (C=O) groups is 2. The van der Waals surface area contributed by atoms with Crippen LogP contribution < -0.4 is 0 Å². The van der Waals surface area contributed by atoms with E-state index in [1.807, 2.05) is 9.80 Å². The van der Waals surface area contributed by atoms with Crippen molar-refractivity contribution in [1.82, 2.24) is 19.8 Å². The van der Waals surface area contributed by atoms with E-state index in [0.29, 0.717) is 49.3 Å². The van der Waals surface area contributed by atoms with E-state index in [9.17, 15) is 14.0 Å². The van der Waals surface area contributed by atoms with Crippen LogP contribution in [-0.4, -0.2) is 57.8 Å². The van der Waals surface area contributed by atoms with Gasteiger partial charge in [-0.2, -0.15) is 0 Å². The van der Waals surface area contributed by atoms with E-state index in [-0.39, 0.29) is 23.5 Å². The van der Waals surface area contributed by atoms with Crippen molar-refractivity contribution in [1.29, 1.82) is 0 Å². The number of hydrogen-bond acceptors (Lipinski definition) is 3. The standard InChI is InChI=1S/C20H25FN4O2/c21-15-5-6-16-17(13-15)23-18(22-16)7-8-19(26)24-9-2-10-25(12-11-24)20(27)14-3-1-4-14/h5-6,13-14H,1-4,7-12H2,(H,22,23). The Bertz CT molecular complexity index is 846. The predicted molar refractivity (Wildman–Crippen MR) is 99.5 cm³/mol. The molecule has 1 saturated carbocycles. The van der Waals surface area contributed by atoms with Crippen LogP contribution in [0.25, 0.3) is 11.0 Å². The molecule has 2 fully saturated rings. The van der Waals surface area contributed by atoms with Gasteiger partial charge < -0.3 is 14.8 Å². The van der Waals surface area contributed by atoms with Crippen LogP contribution in [0.1, 0.15) is 37.9 Å². The second-order valence-corrected chi connectivity index (χ2v) is 7.53. The van der Waals surface area contributed by atoms with Crippen molar-refractivity contribution < 1.29 is 14.0 Å². The molecule has 2 aromatic rings. The average Bonchev–Trinajstić information content (AvgIpc) is 2.84. The molecule has 4 rings (SSSR count). The number of hydrogen-bond donors (Lipinski definition) is 1. The first-order valence-electron chi connectivity index (χ1n) is 9.81. The van der Waals surface area contributed by atoms with Crippen molar-refractivity contribution >= 4 is 22.8 Å². The Morgan fingerprint density at radius 2 is 1.89 bits per heavy atom. The van der Waals surface area contributed by atoms with Gasteiger partial charge in [0, 0.05) is 44.9 Å². The summed E-state index contributed by atoms with van der Waals surface area (Å²) in [5.41, 5.74) is 1.36. The van der Waals surface area contributed by atoms with E-state index in [1.165, 1.54) is 12.1 Å². The molecule has 1 aromatic heterocycles. The Morgan fingerprint density at radius 3 is 2.67 bits per heavy atom. The molecule has 144 valence electrons. The zero-order chi connectivity index (χ0) is 18.8. The molecule has 7 heteroatoms. The Morgan fingerprint density at radius 1 is 1.11 bits per heavy atom. The van der Waals surface area contributed by atoms with Gasteiger partial charge in [-0.1, -0.05) is 6.42 Å². The molecular weight excluding hydrogens is 347 g/mol. The number of nitrogens with zero attached hydrogens (tertiary/aromatic N) is 3. The highest BCUT2D eigenvalue weighted by atomic mass is 19.1. The largest absolute Gasteiger partial charge is 0.342 e. The molecule has 1 saturated heterocycles. The van der Waals surface area contributed by atoms with Crippen LogP contribution in [0.15, 0.2) is 18.2 Å². The van der Waals surface area contributed by atoms with E-state index in [0.717, 1.165) is 32.2 Å². The minimum Gasteiger partial charge on any atom is -0.342 e. The summed E-state index contributed by atoms with van der Waals surface area (Å²) in [7, 11) is 0. The third kappa shape index (κ3) is 3.96. The Balaban J connectivity index is 1.30. The molecule has 0 atom stereocenters. The topological polar surface area (TPSA) is 69.3 Å². The normalized spacial score (nSPS) is 18.4. The minimum atomic E-state index is -0.306. The number of amides is 2. The number of carbonyl (C=O) groups excluding carboxylic acids is 2. The second-order valence-electron chi connectivity index (χ2n) is 7.53. The number of aryl methyl sites for hydroxylation is 1. The number of nitrogens with one attached hydrogen (secondary N) is 1. The predicted octanol–water partition coefficient (Wildman–Crippen LogP) is 2.50. The van der Waals surface area contributed by atoms with Gasteiger partial charge in [-0.25, -0.2) is 9.37 Å². The van der Waals surface area contributed by atoms with Crippen molar-refractivity contribution in [3.05, 3.63) is 29.8 Å². The fraction of sp³-hybridized carbons (Fsp3) is 0.550. The molecular formula is C20H25FN4O2. The van der Waals surface area contributed by atoms with Gasteiger partial charge in [-0.3, -0.25) is 9.59 Å². The quantitative estimate of drug-likeness (QED) is 0.897. The maximum atomic E-state index is 13.3. The number of benzene rings is 1. The summed E-state index contributed by atoms with van der Waals surface area (Å²) in [4.78, 5) is 36.3. The number of halogens is 1. The van der Waals surface area contributed by atoms with Crippen LogP contribution in [0.5, 0.6) is 0 Å². The van der Waals surface area contributed by atoms with Crippen molar-refractivity contribution in [2.75, 3.05) is 26.2 Å². The van der Waals surface area contributed by atoms with Crippen LogP contribution >= 0.6 is 0 Å². The lowest BCUT2D eigenvalue weighted by Gasteiger charge is -2.31. The first-order chi connectivity index (χ1) is 13.1. The Kier molecular flexibility index (Phi) is 5.09. The highest BCUT2D eigenvalue weighted by Gasteiger charge is 2.30. The fourth-order valence-corrected chi connectivity index (χ4v) is 3.84. The van der Waals surface area contributed by atoms with Gasteiger partial charge >= 0.3 is 0 Å². The van der Waals surface area contributed by atoms with E-state index < -0.39 is 0 Å². The molecule has 6 nitrogen and oxygen atoms in total. The molecule has 2 aliphatic rings. The third-order valence-corrected chi connectivity index (χ3v) is 5.68. The summed E-state index contributed by atoms with van der Waals surface area (Å²) in [5.74, 6) is 0.953. The summed E-state index contributed by atoms with van der Waals surface area (Å²) < 4.78 is 13.3. The van der Waals surface area contributed by atoms with Crippen molar-refractivity contribution in [3.63, 3.8) is 0 Å². The lowest BCUT2D eigenvalue weighted by Crippen LogP contribution is -2.41. The Hall–Kier alpha value is -2.44. The molecule has 1 aromatic carbocycles. The smallest absolute Gasteiger partial charge is 0.225 e. The minimum absolute atomic E-state index is 0.0829. The molecule has 1 aliphatic heterocycles. The average molecular weight is 372 g/mol. The lowest BCUT2D eigenvalue weighted by atomic mass is 9.84. The number of fused-ring (bicyclic) bond motifs is 1. The molecule has 27 heavy (non-hydrogen) atoms. The van der Waals surface area contributed by atoms with Crippen molar-refractivity contribution in [2.24, 2.45) is 5.92 Å². The summed E-state index contributed by atoms with van der Waals surface area (Å²) in [6.07, 6.45) is 4.87. The summed E-state index contributed by atoms with van der Waals surface area (Å²) >= 11 is 0. The van der Waals surface area contributed by atoms with E-state index >= 15 is 0 Å². The van der Waals surface area contributed by atoms with E-state index in [1.54, 1.807) is 6.07 Å². The van der Waals surface area contributed by atoms with Gasteiger partial charge in [0.1, 0.15) is 11.6 Å². The first-order valence-corrected chi connectivity index (χ1v) is 9.81. The first kappa shape index (κ1) is 17.9. The SMILES string of the molecule is O=C(CCc1nc2ccc(F)cc2[nH]1)N1CCCN(C(=O)C2CCC2)CC1. The lowest BCUT2D eigenvalue weighted by molar-refractivity contribution is -0.138. The number of rotatable bonds is 4. The van der Waals surface area contributed by atoms with Gasteiger partial charge in [-0.05, 0) is 37.5 Å². The maximum absolute atomic E-state index is 13.3. The maximum Gasteiger partial charge on any atom is 0.225 e. The van der Waals surface area contributed by atoms with Gasteiger partial charge in [0.15, 0.2) is 0 Å². The second kappa shape index (κ2) is 7.66. The van der Waals surface area contributed by atoms with Crippen LogP contribution in [0.4, 0.5) is 4.39 Å². The number of imidazole rings is 1. The van der Waals surface area contributed by atoms with Crippen molar-refractivity contribution in [2.45, 2.75) is 38.5 Å². The monoisotopic (exact) mass is 372 g/mol. The molecule has 0 radical (unpaired) electrons. The van der Waals surface area contributed by atoms with Crippen LogP contribution in [0.3, 0.4) is 0 Å². The van der Waals surface area contributed by atoms with Gasteiger partial charge in [0.25, 0.3) is 0 Å². The number of H-pyrrole nitrogens is 1. The molecule has 1 aliphatic carbocycles. The zero-order valence-electron chi connectivity index (χ0n) is 15.4. The molecule has 2 heterocycles. The molecule has 0 unspecified atom stereocenters. The summed E-state index contributed by atoms with van der Waals surface area (Å²) in [6, 6.07) is 4.43. The summed E-state index contributed by atoms with van der Waals surface area (Å²) in [5, 5.41) is 0. The van der Waals surface area contributed by atoms with Crippen LogP contribution in [-0.2, 0) is 16.0 Å². The summed E-state index contributed by atoms with van der Waals surface area (Å²) in [6.45, 7) is 2.67. The highest BCUT2D eigenvalue weighted by Crippen LogP contribution is 2.28. The molecule has 0 spiro atoms. The van der Waals surface area contributed by atoms with Gasteiger partial charge in [0.2, 0.25) is 11.8 Å². The third-order valence-electron chi connectivity index (χ3n) is 5.68. The molecule has 2 amide bonds. The molecule has 0 bridgehead atoms.